The van der Waals surface area contributed by atoms with Crippen LogP contribution in [0.5, 0.6) is 0 Å². The van der Waals surface area contributed by atoms with Crippen LogP contribution in [0.4, 0.5) is 4.39 Å². The number of hydrogen-bond donors (Lipinski definition) is 2. The van der Waals surface area contributed by atoms with Crippen LogP contribution in [0.25, 0.3) is 0 Å². The fraction of sp³-hybridized carbons (Fsp3) is 0.312. The number of aliphatic hydroxyl groups is 1. The van der Waals surface area contributed by atoms with Crippen molar-refractivity contribution in [3.8, 4) is 0 Å². The summed E-state index contributed by atoms with van der Waals surface area (Å²) in [6.45, 7) is 4.47. The molecule has 0 bridgehead atoms. The maximum atomic E-state index is 12.8. The number of nitrogens with one attached hydrogen (secondary N) is 1. The van der Waals surface area contributed by atoms with Crippen LogP contribution in [-0.2, 0) is 6.54 Å². The maximum Gasteiger partial charge on any atom is 0.123 e. The maximum absolute atomic E-state index is 12.8. The molecule has 1 aromatic carbocycles. The monoisotopic (exact) mass is 274 g/mol. The zero-order chi connectivity index (χ0) is 14.5. The second-order valence-electron chi connectivity index (χ2n) is 4.99. The van der Waals surface area contributed by atoms with Crippen molar-refractivity contribution < 1.29 is 9.50 Å². The number of pyridine rings is 1. The molecular weight excluding hydrogens is 255 g/mol. The Hall–Kier alpha value is -1.78. The van der Waals surface area contributed by atoms with Gasteiger partial charge in [0.05, 0.1) is 11.8 Å². The van der Waals surface area contributed by atoms with E-state index < -0.39 is 6.10 Å². The Balaban J connectivity index is 1.92. The number of rotatable bonds is 5. The highest BCUT2D eigenvalue weighted by Gasteiger charge is 2.15. The molecule has 0 radical (unpaired) electrons. The quantitative estimate of drug-likeness (QED) is 0.881. The standard InChI is InChI=1S/C16H19FN2O/c1-11-3-8-15(19-9-11)10-18-12(2)16(20)13-4-6-14(17)7-5-13/h3-9,12,16,18,20H,10H2,1-2H3. The molecule has 0 aliphatic carbocycles. The van der Waals surface area contributed by atoms with Crippen LogP contribution in [0.3, 0.4) is 0 Å². The number of hydrogen-bond acceptors (Lipinski definition) is 3. The SMILES string of the molecule is Cc1ccc(CNC(C)C(O)c2ccc(F)cc2)nc1. The summed E-state index contributed by atoms with van der Waals surface area (Å²) in [6.07, 6.45) is 1.14. The lowest BCUT2D eigenvalue weighted by molar-refractivity contribution is 0.135. The van der Waals surface area contributed by atoms with Gasteiger partial charge in [0.1, 0.15) is 5.82 Å². The zero-order valence-electron chi connectivity index (χ0n) is 11.7. The molecule has 2 atom stereocenters. The minimum atomic E-state index is -0.680. The minimum absolute atomic E-state index is 0.149. The molecule has 0 aliphatic heterocycles. The van der Waals surface area contributed by atoms with Gasteiger partial charge in [-0.3, -0.25) is 4.98 Å². The summed E-state index contributed by atoms with van der Waals surface area (Å²) in [5, 5.41) is 13.4. The first-order valence-electron chi connectivity index (χ1n) is 6.64. The van der Waals surface area contributed by atoms with Crippen molar-refractivity contribution in [2.45, 2.75) is 32.5 Å². The molecule has 0 saturated heterocycles. The third-order valence-corrected chi connectivity index (χ3v) is 3.26. The molecule has 2 aromatic rings. The molecule has 0 aliphatic rings. The highest BCUT2D eigenvalue weighted by Crippen LogP contribution is 2.17. The third-order valence-electron chi connectivity index (χ3n) is 3.26. The summed E-state index contributed by atoms with van der Waals surface area (Å²) < 4.78 is 12.8. The Morgan fingerprint density at radius 1 is 1.20 bits per heavy atom. The van der Waals surface area contributed by atoms with E-state index in [1.165, 1.54) is 12.1 Å². The Morgan fingerprint density at radius 3 is 2.50 bits per heavy atom. The minimum Gasteiger partial charge on any atom is -0.387 e. The number of halogens is 1. The average Bonchev–Trinajstić information content (AvgIpc) is 2.46. The zero-order valence-corrected chi connectivity index (χ0v) is 11.7. The third kappa shape index (κ3) is 3.85. The number of benzene rings is 1. The van der Waals surface area contributed by atoms with E-state index in [-0.39, 0.29) is 11.9 Å². The van der Waals surface area contributed by atoms with Gasteiger partial charge in [-0.1, -0.05) is 18.2 Å². The van der Waals surface area contributed by atoms with Crippen LogP contribution < -0.4 is 5.32 Å². The largest absolute Gasteiger partial charge is 0.387 e. The first kappa shape index (κ1) is 14.6. The topological polar surface area (TPSA) is 45.1 Å². The number of aliphatic hydroxyl groups excluding tert-OH is 1. The van der Waals surface area contributed by atoms with Crippen molar-refractivity contribution in [3.63, 3.8) is 0 Å². The lowest BCUT2D eigenvalue weighted by Crippen LogP contribution is -2.32. The van der Waals surface area contributed by atoms with Crippen molar-refractivity contribution in [2.75, 3.05) is 0 Å². The van der Waals surface area contributed by atoms with E-state index in [0.717, 1.165) is 11.3 Å². The molecule has 0 fully saturated rings. The molecule has 20 heavy (non-hydrogen) atoms. The first-order chi connectivity index (χ1) is 9.56. The average molecular weight is 274 g/mol. The fourth-order valence-corrected chi connectivity index (χ4v) is 1.93. The van der Waals surface area contributed by atoms with Crippen LogP contribution in [0.2, 0.25) is 0 Å². The van der Waals surface area contributed by atoms with Gasteiger partial charge in [-0.05, 0) is 43.2 Å². The van der Waals surface area contributed by atoms with Gasteiger partial charge in [-0.25, -0.2) is 4.39 Å². The Labute approximate surface area is 118 Å². The molecule has 2 rings (SSSR count). The van der Waals surface area contributed by atoms with Gasteiger partial charge in [0, 0.05) is 18.8 Å². The van der Waals surface area contributed by atoms with E-state index >= 15 is 0 Å². The second kappa shape index (κ2) is 6.59. The molecule has 0 spiro atoms. The summed E-state index contributed by atoms with van der Waals surface area (Å²) in [5.74, 6) is -0.301. The summed E-state index contributed by atoms with van der Waals surface area (Å²) in [5.41, 5.74) is 2.74. The van der Waals surface area contributed by atoms with Crippen LogP contribution in [-0.4, -0.2) is 16.1 Å². The molecule has 4 heteroatoms. The van der Waals surface area contributed by atoms with Crippen molar-refractivity contribution in [3.05, 3.63) is 65.2 Å². The van der Waals surface area contributed by atoms with Crippen molar-refractivity contribution in [2.24, 2.45) is 0 Å². The van der Waals surface area contributed by atoms with Gasteiger partial charge < -0.3 is 10.4 Å². The highest BCUT2D eigenvalue weighted by atomic mass is 19.1. The lowest BCUT2D eigenvalue weighted by atomic mass is 10.0. The van der Waals surface area contributed by atoms with E-state index in [4.69, 9.17) is 0 Å². The van der Waals surface area contributed by atoms with Crippen molar-refractivity contribution in [1.29, 1.82) is 0 Å². The van der Waals surface area contributed by atoms with E-state index in [9.17, 15) is 9.50 Å². The van der Waals surface area contributed by atoms with E-state index in [0.29, 0.717) is 12.1 Å². The molecule has 2 unspecified atom stereocenters. The summed E-state index contributed by atoms with van der Waals surface area (Å²) in [6, 6.07) is 9.72. The fourth-order valence-electron chi connectivity index (χ4n) is 1.93. The second-order valence-corrected chi connectivity index (χ2v) is 4.99. The van der Waals surface area contributed by atoms with E-state index in [1.54, 1.807) is 12.1 Å². The summed E-state index contributed by atoms with van der Waals surface area (Å²) in [4.78, 5) is 4.30. The molecule has 0 saturated carbocycles. The van der Waals surface area contributed by atoms with Crippen molar-refractivity contribution >= 4 is 0 Å². The Bertz CT molecular complexity index is 539. The number of aromatic nitrogens is 1. The smallest absolute Gasteiger partial charge is 0.123 e. The van der Waals surface area contributed by atoms with Gasteiger partial charge in [0.15, 0.2) is 0 Å². The number of nitrogens with zero attached hydrogens (tertiary/aromatic N) is 1. The van der Waals surface area contributed by atoms with E-state index in [1.807, 2.05) is 32.2 Å². The van der Waals surface area contributed by atoms with Crippen molar-refractivity contribution in [1.82, 2.24) is 10.3 Å². The highest BCUT2D eigenvalue weighted by molar-refractivity contribution is 5.20. The van der Waals surface area contributed by atoms with Gasteiger partial charge in [0.2, 0.25) is 0 Å². The predicted octanol–water partition coefficient (Wildman–Crippen LogP) is 2.74. The van der Waals surface area contributed by atoms with Gasteiger partial charge in [-0.2, -0.15) is 0 Å². The predicted molar refractivity (Wildman–Crippen MR) is 76.6 cm³/mol. The molecule has 1 aromatic heterocycles. The first-order valence-corrected chi connectivity index (χ1v) is 6.64. The normalized spacial score (nSPS) is 14.0. The molecule has 3 nitrogen and oxygen atoms in total. The molecule has 1 heterocycles. The van der Waals surface area contributed by atoms with Gasteiger partial charge >= 0.3 is 0 Å². The van der Waals surface area contributed by atoms with E-state index in [2.05, 4.69) is 10.3 Å². The summed E-state index contributed by atoms with van der Waals surface area (Å²) in [7, 11) is 0. The van der Waals surface area contributed by atoms with Crippen LogP contribution in [0, 0.1) is 12.7 Å². The van der Waals surface area contributed by atoms with Crippen LogP contribution in [0.15, 0.2) is 42.6 Å². The molecule has 106 valence electrons. The Kier molecular flexibility index (Phi) is 4.82. The molecular formula is C16H19FN2O. The van der Waals surface area contributed by atoms with Crippen LogP contribution in [0.1, 0.15) is 29.8 Å². The van der Waals surface area contributed by atoms with Gasteiger partial charge in [0.25, 0.3) is 0 Å². The number of aryl methyl sites for hydroxylation is 1. The van der Waals surface area contributed by atoms with Crippen LogP contribution >= 0.6 is 0 Å². The lowest BCUT2D eigenvalue weighted by Gasteiger charge is -2.20. The Morgan fingerprint density at radius 2 is 1.90 bits per heavy atom. The van der Waals surface area contributed by atoms with Gasteiger partial charge in [-0.15, -0.1) is 0 Å². The molecule has 2 N–H and O–H groups in total. The molecule has 0 amide bonds. The summed E-state index contributed by atoms with van der Waals surface area (Å²) >= 11 is 0.